The molecule has 1 amide bonds. The van der Waals surface area contributed by atoms with Gasteiger partial charge in [0, 0.05) is 6.04 Å². The minimum atomic E-state index is -0.977. The Hall–Kier alpha value is -1.10. The smallest absolute Gasteiger partial charge is 0.332 e. The van der Waals surface area contributed by atoms with Gasteiger partial charge in [0.1, 0.15) is 6.10 Å². The van der Waals surface area contributed by atoms with Crippen LogP contribution in [0.3, 0.4) is 0 Å². The van der Waals surface area contributed by atoms with Gasteiger partial charge in [0.25, 0.3) is 0 Å². The molecule has 0 aromatic rings. The topological polar surface area (TPSA) is 75.6 Å². The Balaban J connectivity index is 1.83. The highest BCUT2D eigenvalue weighted by Gasteiger charge is 2.36. The summed E-state index contributed by atoms with van der Waals surface area (Å²) in [7, 11) is 0. The van der Waals surface area contributed by atoms with Crippen LogP contribution in [0.15, 0.2) is 0 Å². The molecule has 1 aliphatic heterocycles. The predicted octanol–water partition coefficient (Wildman–Crippen LogP) is 1.56. The first-order chi connectivity index (χ1) is 8.97. The highest BCUT2D eigenvalue weighted by Crippen LogP contribution is 2.29. The molecule has 1 saturated heterocycles. The van der Waals surface area contributed by atoms with Crippen LogP contribution < -0.4 is 5.32 Å². The number of hydrogen-bond donors (Lipinski definition) is 2. The zero-order chi connectivity index (χ0) is 14.0. The summed E-state index contributed by atoms with van der Waals surface area (Å²) in [5, 5.41) is 11.9. The Morgan fingerprint density at radius 2 is 1.79 bits per heavy atom. The summed E-state index contributed by atoms with van der Waals surface area (Å²) >= 11 is 0. The first-order valence-corrected chi connectivity index (χ1v) is 7.16. The maximum Gasteiger partial charge on any atom is 0.332 e. The summed E-state index contributed by atoms with van der Waals surface area (Å²) in [6.07, 6.45) is 2.79. The molecule has 1 saturated carbocycles. The minimum absolute atomic E-state index is 0.143. The van der Waals surface area contributed by atoms with Gasteiger partial charge >= 0.3 is 5.97 Å². The summed E-state index contributed by atoms with van der Waals surface area (Å²) in [5.74, 6) is 0.0805. The number of aliphatic carboxylic acids is 1. The molecule has 19 heavy (non-hydrogen) atoms. The molecule has 5 nitrogen and oxygen atoms in total. The Kier molecular flexibility index (Phi) is 4.45. The summed E-state index contributed by atoms with van der Waals surface area (Å²) < 4.78 is 5.27. The second-order valence-corrected chi connectivity index (χ2v) is 6.04. The second-order valence-electron chi connectivity index (χ2n) is 6.04. The molecule has 0 aromatic carbocycles. The van der Waals surface area contributed by atoms with Crippen molar-refractivity contribution in [2.24, 2.45) is 11.8 Å². The van der Waals surface area contributed by atoms with Crippen molar-refractivity contribution in [3.05, 3.63) is 0 Å². The summed E-state index contributed by atoms with van der Waals surface area (Å²) in [5.41, 5.74) is 0. The zero-order valence-electron chi connectivity index (χ0n) is 11.6. The van der Waals surface area contributed by atoms with Crippen molar-refractivity contribution in [1.82, 2.24) is 5.32 Å². The summed E-state index contributed by atoms with van der Waals surface area (Å²) in [6.45, 7) is 4.41. The van der Waals surface area contributed by atoms with Crippen LogP contribution in [0, 0.1) is 11.8 Å². The Morgan fingerprint density at radius 3 is 2.37 bits per heavy atom. The Labute approximate surface area is 113 Å². The SMILES string of the molecule is CC1CCC(NC(=O)C2CCC(C(=O)O)O2)C(C)C1. The first-order valence-electron chi connectivity index (χ1n) is 7.16. The molecular formula is C14H23NO4. The third-order valence-electron chi connectivity index (χ3n) is 4.35. The van der Waals surface area contributed by atoms with E-state index in [0.29, 0.717) is 18.8 Å². The number of carboxylic acid groups (broad SMARTS) is 1. The van der Waals surface area contributed by atoms with Crippen LogP contribution in [0.4, 0.5) is 0 Å². The molecule has 2 fully saturated rings. The van der Waals surface area contributed by atoms with Crippen molar-refractivity contribution < 1.29 is 19.4 Å². The van der Waals surface area contributed by atoms with E-state index in [0.717, 1.165) is 25.2 Å². The Bertz CT molecular complexity index is 357. The standard InChI is InChI=1S/C14H23NO4/c1-8-3-4-10(9(2)7-8)15-13(16)11-5-6-12(19-11)14(17)18/h8-12H,3-7H2,1-2H3,(H,15,16)(H,17,18). The zero-order valence-corrected chi connectivity index (χ0v) is 11.6. The molecule has 1 aliphatic carbocycles. The highest BCUT2D eigenvalue weighted by atomic mass is 16.5. The molecule has 0 radical (unpaired) electrons. The number of hydrogen-bond acceptors (Lipinski definition) is 3. The molecule has 5 unspecified atom stereocenters. The van der Waals surface area contributed by atoms with Crippen molar-refractivity contribution >= 4 is 11.9 Å². The van der Waals surface area contributed by atoms with Crippen molar-refractivity contribution in [3.63, 3.8) is 0 Å². The van der Waals surface area contributed by atoms with E-state index < -0.39 is 18.2 Å². The molecule has 1 heterocycles. The van der Waals surface area contributed by atoms with Crippen LogP contribution in [0.2, 0.25) is 0 Å². The third-order valence-corrected chi connectivity index (χ3v) is 4.35. The average Bonchev–Trinajstić information content (AvgIpc) is 2.82. The lowest BCUT2D eigenvalue weighted by atomic mass is 9.80. The van der Waals surface area contributed by atoms with Gasteiger partial charge in [0.05, 0.1) is 0 Å². The van der Waals surface area contributed by atoms with Gasteiger partial charge in [0.2, 0.25) is 5.91 Å². The van der Waals surface area contributed by atoms with E-state index in [1.807, 2.05) is 0 Å². The number of carbonyl (C=O) groups excluding carboxylic acids is 1. The maximum atomic E-state index is 12.1. The number of nitrogens with one attached hydrogen (secondary N) is 1. The molecule has 2 aliphatic rings. The van der Waals surface area contributed by atoms with Crippen molar-refractivity contribution in [3.8, 4) is 0 Å². The minimum Gasteiger partial charge on any atom is -0.479 e. The fourth-order valence-corrected chi connectivity index (χ4v) is 3.17. The molecule has 0 aromatic heterocycles. The highest BCUT2D eigenvalue weighted by molar-refractivity contribution is 5.82. The largest absolute Gasteiger partial charge is 0.479 e. The fraction of sp³-hybridized carbons (Fsp3) is 0.857. The third kappa shape index (κ3) is 3.47. The van der Waals surface area contributed by atoms with E-state index in [9.17, 15) is 9.59 Å². The van der Waals surface area contributed by atoms with Crippen LogP contribution in [0.25, 0.3) is 0 Å². The predicted molar refractivity (Wildman–Crippen MR) is 69.6 cm³/mol. The van der Waals surface area contributed by atoms with E-state index in [-0.39, 0.29) is 11.9 Å². The number of rotatable bonds is 3. The quantitative estimate of drug-likeness (QED) is 0.815. The second kappa shape index (κ2) is 5.90. The molecule has 5 atom stereocenters. The van der Waals surface area contributed by atoms with Crippen molar-refractivity contribution in [1.29, 1.82) is 0 Å². The van der Waals surface area contributed by atoms with Crippen molar-refractivity contribution in [2.75, 3.05) is 0 Å². The first kappa shape index (κ1) is 14.3. The number of ether oxygens (including phenoxy) is 1. The average molecular weight is 269 g/mol. The van der Waals surface area contributed by atoms with Crippen LogP contribution in [-0.4, -0.2) is 35.2 Å². The fourth-order valence-electron chi connectivity index (χ4n) is 3.17. The molecule has 2 rings (SSSR count). The molecular weight excluding hydrogens is 246 g/mol. The van der Waals surface area contributed by atoms with Gasteiger partial charge < -0.3 is 15.2 Å². The molecule has 0 spiro atoms. The van der Waals surface area contributed by atoms with Gasteiger partial charge in [-0.15, -0.1) is 0 Å². The van der Waals surface area contributed by atoms with Gasteiger partial charge in [-0.2, -0.15) is 0 Å². The van der Waals surface area contributed by atoms with E-state index >= 15 is 0 Å². The summed E-state index contributed by atoms with van der Waals surface area (Å²) in [4.78, 5) is 22.9. The molecule has 5 heteroatoms. The summed E-state index contributed by atoms with van der Waals surface area (Å²) in [6, 6.07) is 0.205. The number of carbonyl (C=O) groups is 2. The van der Waals surface area contributed by atoms with E-state index in [4.69, 9.17) is 9.84 Å². The van der Waals surface area contributed by atoms with Crippen LogP contribution in [-0.2, 0) is 14.3 Å². The van der Waals surface area contributed by atoms with Gasteiger partial charge in [0.15, 0.2) is 6.10 Å². The number of amides is 1. The maximum absolute atomic E-state index is 12.1. The molecule has 0 bridgehead atoms. The Morgan fingerprint density at radius 1 is 1.11 bits per heavy atom. The lowest BCUT2D eigenvalue weighted by Gasteiger charge is -2.33. The van der Waals surface area contributed by atoms with E-state index in [1.54, 1.807) is 0 Å². The molecule has 2 N–H and O–H groups in total. The van der Waals surface area contributed by atoms with E-state index in [1.165, 1.54) is 0 Å². The molecule has 108 valence electrons. The van der Waals surface area contributed by atoms with Gasteiger partial charge in [-0.05, 0) is 43.9 Å². The van der Waals surface area contributed by atoms with Crippen LogP contribution in [0.1, 0.15) is 46.0 Å². The lowest BCUT2D eigenvalue weighted by Crippen LogP contribution is -2.46. The lowest BCUT2D eigenvalue weighted by molar-refractivity contribution is -0.152. The monoisotopic (exact) mass is 269 g/mol. The van der Waals surface area contributed by atoms with Crippen LogP contribution in [0.5, 0.6) is 0 Å². The normalized spacial score (nSPS) is 38.9. The van der Waals surface area contributed by atoms with Gasteiger partial charge in [-0.25, -0.2) is 4.79 Å². The van der Waals surface area contributed by atoms with Gasteiger partial charge in [-0.1, -0.05) is 13.8 Å². The van der Waals surface area contributed by atoms with Gasteiger partial charge in [-0.3, -0.25) is 4.79 Å². The number of carboxylic acids is 1. The van der Waals surface area contributed by atoms with E-state index in [2.05, 4.69) is 19.2 Å². The van der Waals surface area contributed by atoms with Crippen molar-refractivity contribution in [2.45, 2.75) is 64.2 Å². The van der Waals surface area contributed by atoms with Crippen LogP contribution >= 0.6 is 0 Å².